The first kappa shape index (κ1) is 17.4. The number of aromatic nitrogens is 1. The Bertz CT molecular complexity index is 712. The molecule has 0 saturated carbocycles. The van der Waals surface area contributed by atoms with E-state index in [4.69, 9.17) is 14.2 Å². The second-order valence-electron chi connectivity index (χ2n) is 5.04. The number of hydrogen-bond acceptors (Lipinski definition) is 5. The van der Waals surface area contributed by atoms with Gasteiger partial charge in [0, 0.05) is 24.5 Å². The molecule has 24 heavy (non-hydrogen) atoms. The Labute approximate surface area is 140 Å². The molecule has 0 aliphatic heterocycles. The highest BCUT2D eigenvalue weighted by Crippen LogP contribution is 2.37. The average Bonchev–Trinajstić information content (AvgIpc) is 2.98. The number of rotatable bonds is 7. The van der Waals surface area contributed by atoms with E-state index in [1.54, 1.807) is 26.4 Å². The molecule has 2 aromatic rings. The Morgan fingerprint density at radius 1 is 1.21 bits per heavy atom. The van der Waals surface area contributed by atoms with Crippen molar-refractivity contribution in [3.8, 4) is 17.2 Å². The molecule has 1 aromatic heterocycles. The van der Waals surface area contributed by atoms with Crippen LogP contribution in [0.5, 0.6) is 17.2 Å². The highest BCUT2D eigenvalue weighted by molar-refractivity contribution is 5.84. The lowest BCUT2D eigenvalue weighted by molar-refractivity contribution is -0.120. The van der Waals surface area contributed by atoms with Crippen LogP contribution in [0.4, 0.5) is 0 Å². The van der Waals surface area contributed by atoms with Gasteiger partial charge in [-0.25, -0.2) is 5.43 Å². The number of nitrogens with one attached hydrogen (secondary N) is 1. The zero-order valence-electron chi connectivity index (χ0n) is 14.2. The molecular formula is C17H21N3O4. The number of aryl methyl sites for hydroxylation is 1. The number of ether oxygens (including phenoxy) is 3. The van der Waals surface area contributed by atoms with E-state index in [2.05, 4.69) is 10.5 Å². The standard InChI is InChI=1S/C17H21N3O4/c1-20-7-5-6-13(20)10-16(21)19-18-11-12-8-14(22-2)17(24-4)15(9-12)23-3/h5-9,11H,10H2,1-4H3,(H,19,21). The van der Waals surface area contributed by atoms with Crippen LogP contribution in [0.1, 0.15) is 11.3 Å². The summed E-state index contributed by atoms with van der Waals surface area (Å²) in [5, 5.41) is 3.97. The Hall–Kier alpha value is -2.96. The number of nitrogens with zero attached hydrogens (tertiary/aromatic N) is 2. The minimum Gasteiger partial charge on any atom is -0.493 e. The molecule has 0 fully saturated rings. The number of carbonyl (C=O) groups excluding carboxylic acids is 1. The van der Waals surface area contributed by atoms with Crippen molar-refractivity contribution in [3.63, 3.8) is 0 Å². The first-order valence-corrected chi connectivity index (χ1v) is 7.31. The summed E-state index contributed by atoms with van der Waals surface area (Å²) in [5.74, 6) is 1.35. The molecule has 0 aliphatic rings. The van der Waals surface area contributed by atoms with Crippen molar-refractivity contribution in [1.29, 1.82) is 0 Å². The Morgan fingerprint density at radius 2 is 1.88 bits per heavy atom. The van der Waals surface area contributed by atoms with Gasteiger partial charge in [-0.15, -0.1) is 0 Å². The number of carbonyl (C=O) groups is 1. The lowest BCUT2D eigenvalue weighted by atomic mass is 10.2. The van der Waals surface area contributed by atoms with Gasteiger partial charge in [0.1, 0.15) is 0 Å². The molecule has 0 unspecified atom stereocenters. The molecule has 1 heterocycles. The fourth-order valence-corrected chi connectivity index (χ4v) is 2.24. The van der Waals surface area contributed by atoms with Crippen molar-refractivity contribution >= 4 is 12.1 Å². The van der Waals surface area contributed by atoms with Crippen LogP contribution in [0.3, 0.4) is 0 Å². The molecule has 1 amide bonds. The van der Waals surface area contributed by atoms with Crippen LogP contribution < -0.4 is 19.6 Å². The van der Waals surface area contributed by atoms with Gasteiger partial charge in [-0.1, -0.05) is 0 Å². The van der Waals surface area contributed by atoms with Crippen LogP contribution in [0.25, 0.3) is 0 Å². The highest BCUT2D eigenvalue weighted by Gasteiger charge is 2.12. The maximum Gasteiger partial charge on any atom is 0.245 e. The van der Waals surface area contributed by atoms with Crippen LogP contribution in [0.15, 0.2) is 35.6 Å². The third kappa shape index (κ3) is 4.07. The van der Waals surface area contributed by atoms with Gasteiger partial charge in [-0.2, -0.15) is 5.10 Å². The average molecular weight is 331 g/mol. The van der Waals surface area contributed by atoms with Crippen LogP contribution in [-0.2, 0) is 18.3 Å². The van der Waals surface area contributed by atoms with E-state index in [-0.39, 0.29) is 12.3 Å². The third-order valence-corrected chi connectivity index (χ3v) is 3.48. The molecule has 0 atom stereocenters. The number of benzene rings is 1. The molecule has 7 heteroatoms. The van der Waals surface area contributed by atoms with Gasteiger partial charge in [-0.3, -0.25) is 4.79 Å². The van der Waals surface area contributed by atoms with Crippen molar-refractivity contribution < 1.29 is 19.0 Å². The van der Waals surface area contributed by atoms with E-state index < -0.39 is 0 Å². The first-order valence-electron chi connectivity index (χ1n) is 7.31. The van der Waals surface area contributed by atoms with Gasteiger partial charge in [-0.05, 0) is 24.3 Å². The summed E-state index contributed by atoms with van der Waals surface area (Å²) in [6, 6.07) is 7.27. The van der Waals surface area contributed by atoms with Crippen molar-refractivity contribution in [2.75, 3.05) is 21.3 Å². The van der Waals surface area contributed by atoms with E-state index in [0.29, 0.717) is 22.8 Å². The maximum absolute atomic E-state index is 11.9. The smallest absolute Gasteiger partial charge is 0.245 e. The summed E-state index contributed by atoms with van der Waals surface area (Å²) in [4.78, 5) is 11.9. The third-order valence-electron chi connectivity index (χ3n) is 3.48. The zero-order valence-corrected chi connectivity index (χ0v) is 14.2. The molecule has 1 aromatic carbocycles. The van der Waals surface area contributed by atoms with Gasteiger partial charge in [0.25, 0.3) is 0 Å². The maximum atomic E-state index is 11.9. The van der Waals surface area contributed by atoms with Crippen LogP contribution in [0.2, 0.25) is 0 Å². The van der Waals surface area contributed by atoms with Crippen LogP contribution in [-0.4, -0.2) is 38.0 Å². The van der Waals surface area contributed by atoms with Crippen LogP contribution >= 0.6 is 0 Å². The second-order valence-corrected chi connectivity index (χ2v) is 5.04. The number of hydrogen-bond donors (Lipinski definition) is 1. The SMILES string of the molecule is COc1cc(C=NNC(=O)Cc2cccn2C)cc(OC)c1OC. The molecule has 7 nitrogen and oxygen atoms in total. The minimum atomic E-state index is -0.194. The number of amides is 1. The Morgan fingerprint density at radius 3 is 2.38 bits per heavy atom. The molecule has 0 spiro atoms. The zero-order chi connectivity index (χ0) is 17.5. The Balaban J connectivity index is 2.06. The van der Waals surface area contributed by atoms with E-state index in [1.165, 1.54) is 13.3 Å². The molecule has 0 saturated heterocycles. The summed E-state index contributed by atoms with van der Waals surface area (Å²) < 4.78 is 17.7. The van der Waals surface area contributed by atoms with Crippen molar-refractivity contribution in [3.05, 3.63) is 41.7 Å². The van der Waals surface area contributed by atoms with Crippen molar-refractivity contribution in [1.82, 2.24) is 9.99 Å². The van der Waals surface area contributed by atoms with Gasteiger partial charge in [0.15, 0.2) is 11.5 Å². The van der Waals surface area contributed by atoms with E-state index >= 15 is 0 Å². The molecule has 128 valence electrons. The van der Waals surface area contributed by atoms with Crippen LogP contribution in [0, 0.1) is 0 Å². The van der Waals surface area contributed by atoms with Gasteiger partial charge >= 0.3 is 0 Å². The fraction of sp³-hybridized carbons (Fsp3) is 0.294. The van der Waals surface area contributed by atoms with Crippen molar-refractivity contribution in [2.24, 2.45) is 12.1 Å². The van der Waals surface area contributed by atoms with Gasteiger partial charge in [0.05, 0.1) is 34.0 Å². The summed E-state index contributed by atoms with van der Waals surface area (Å²) in [6.45, 7) is 0. The number of hydrazone groups is 1. The topological polar surface area (TPSA) is 74.1 Å². The molecular weight excluding hydrogens is 310 g/mol. The second kappa shape index (κ2) is 8.05. The van der Waals surface area contributed by atoms with E-state index in [9.17, 15) is 4.79 Å². The molecule has 0 radical (unpaired) electrons. The largest absolute Gasteiger partial charge is 0.493 e. The molecule has 0 aliphatic carbocycles. The predicted octanol–water partition coefficient (Wildman–Crippen LogP) is 1.74. The Kier molecular flexibility index (Phi) is 5.83. The van der Waals surface area contributed by atoms with E-state index in [0.717, 1.165) is 5.69 Å². The number of methoxy groups -OCH3 is 3. The summed E-state index contributed by atoms with van der Waals surface area (Å²) in [7, 11) is 6.51. The highest BCUT2D eigenvalue weighted by atomic mass is 16.5. The quantitative estimate of drug-likeness (QED) is 0.619. The molecule has 2 rings (SSSR count). The normalized spacial score (nSPS) is 10.7. The van der Waals surface area contributed by atoms with Crippen molar-refractivity contribution in [2.45, 2.75) is 6.42 Å². The molecule has 0 bridgehead atoms. The monoisotopic (exact) mass is 331 g/mol. The summed E-state index contributed by atoms with van der Waals surface area (Å²) in [5.41, 5.74) is 4.13. The van der Waals surface area contributed by atoms with Gasteiger partial charge in [0.2, 0.25) is 11.7 Å². The summed E-state index contributed by atoms with van der Waals surface area (Å²) >= 11 is 0. The van der Waals surface area contributed by atoms with E-state index in [1.807, 2.05) is 29.9 Å². The predicted molar refractivity (Wildman–Crippen MR) is 91.0 cm³/mol. The minimum absolute atomic E-state index is 0.194. The first-order chi connectivity index (χ1) is 11.6. The molecule has 1 N–H and O–H groups in total. The fourth-order valence-electron chi connectivity index (χ4n) is 2.24. The summed E-state index contributed by atoms with van der Waals surface area (Å²) in [6.07, 6.45) is 3.67. The lowest BCUT2D eigenvalue weighted by Crippen LogP contribution is -2.20. The van der Waals surface area contributed by atoms with Gasteiger partial charge < -0.3 is 18.8 Å². The lowest BCUT2D eigenvalue weighted by Gasteiger charge is -2.12.